The standard InChI is InChI=1S/C23H35N3O/c1-6-7-13-21(19(4)18(2)3)24-22(27)25-23(5)14-15-26(17-23)16-20-11-9-8-10-12-20/h7-13,18-19H,6,14-17H2,1-5H3,(H,25,27)/b13-7-,24-21?. The lowest BCUT2D eigenvalue weighted by atomic mass is 9.92. The van der Waals surface area contributed by atoms with Crippen LogP contribution >= 0.6 is 0 Å². The molecule has 0 radical (unpaired) electrons. The van der Waals surface area contributed by atoms with Crippen LogP contribution in [0.1, 0.15) is 53.0 Å². The average molecular weight is 370 g/mol. The summed E-state index contributed by atoms with van der Waals surface area (Å²) >= 11 is 0. The highest BCUT2D eigenvalue weighted by Crippen LogP contribution is 2.23. The molecule has 0 aliphatic carbocycles. The Labute approximate surface area is 164 Å². The molecular weight excluding hydrogens is 334 g/mol. The number of allylic oxidation sites excluding steroid dienone is 2. The number of carbonyl (C=O) groups is 1. The molecule has 0 spiro atoms. The number of aliphatic imine (C=N–C) groups is 1. The number of hydrogen-bond donors (Lipinski definition) is 1. The molecule has 0 bridgehead atoms. The Balaban J connectivity index is 1.99. The highest BCUT2D eigenvalue weighted by atomic mass is 16.2. The van der Waals surface area contributed by atoms with Crippen molar-refractivity contribution in [2.24, 2.45) is 16.8 Å². The average Bonchev–Trinajstić information content (AvgIpc) is 2.98. The topological polar surface area (TPSA) is 44.7 Å². The summed E-state index contributed by atoms with van der Waals surface area (Å²) in [5, 5.41) is 3.17. The minimum absolute atomic E-state index is 0.220. The van der Waals surface area contributed by atoms with Crippen molar-refractivity contribution in [2.75, 3.05) is 13.1 Å². The SMILES string of the molecule is CC/C=C\C(=NC(=O)NC1(C)CCN(Cc2ccccc2)C1)C(C)C(C)C. The van der Waals surface area contributed by atoms with Gasteiger partial charge >= 0.3 is 6.03 Å². The van der Waals surface area contributed by atoms with E-state index in [4.69, 9.17) is 0 Å². The molecular formula is C23H35N3O. The van der Waals surface area contributed by atoms with Gasteiger partial charge in [0.25, 0.3) is 0 Å². The number of urea groups is 1. The molecule has 1 aromatic carbocycles. The summed E-state index contributed by atoms with van der Waals surface area (Å²) in [6.45, 7) is 13.4. The minimum atomic E-state index is -0.226. The monoisotopic (exact) mass is 369 g/mol. The second-order valence-corrected chi connectivity index (χ2v) is 8.32. The number of carbonyl (C=O) groups excluding carboxylic acids is 1. The van der Waals surface area contributed by atoms with Gasteiger partial charge in [-0.15, -0.1) is 0 Å². The Morgan fingerprint density at radius 2 is 2.00 bits per heavy atom. The van der Waals surface area contributed by atoms with E-state index in [0.717, 1.165) is 38.2 Å². The summed E-state index contributed by atoms with van der Waals surface area (Å²) in [4.78, 5) is 19.4. The summed E-state index contributed by atoms with van der Waals surface area (Å²) in [6, 6.07) is 10.3. The minimum Gasteiger partial charge on any atom is -0.330 e. The van der Waals surface area contributed by atoms with Gasteiger partial charge in [0.15, 0.2) is 0 Å². The van der Waals surface area contributed by atoms with E-state index in [2.05, 4.69) is 80.2 Å². The van der Waals surface area contributed by atoms with Crippen LogP contribution in [0.2, 0.25) is 0 Å². The molecule has 1 heterocycles. The predicted molar refractivity (Wildman–Crippen MR) is 114 cm³/mol. The van der Waals surface area contributed by atoms with Crippen molar-refractivity contribution in [1.29, 1.82) is 0 Å². The molecule has 1 N–H and O–H groups in total. The number of rotatable bonds is 7. The zero-order chi connectivity index (χ0) is 19.9. The van der Waals surface area contributed by atoms with Gasteiger partial charge < -0.3 is 5.32 Å². The molecule has 2 amide bonds. The number of nitrogens with zero attached hydrogens (tertiary/aromatic N) is 2. The van der Waals surface area contributed by atoms with Gasteiger partial charge in [-0.3, -0.25) is 4.90 Å². The summed E-state index contributed by atoms with van der Waals surface area (Å²) in [5.74, 6) is 0.700. The number of hydrogen-bond acceptors (Lipinski definition) is 2. The maximum atomic E-state index is 12.6. The largest absolute Gasteiger partial charge is 0.341 e. The van der Waals surface area contributed by atoms with E-state index in [1.54, 1.807) is 0 Å². The van der Waals surface area contributed by atoms with Crippen LogP contribution in [0.25, 0.3) is 0 Å². The molecule has 4 nitrogen and oxygen atoms in total. The molecule has 148 valence electrons. The first-order chi connectivity index (χ1) is 12.8. The third-order valence-corrected chi connectivity index (χ3v) is 5.43. The highest BCUT2D eigenvalue weighted by Gasteiger charge is 2.35. The van der Waals surface area contributed by atoms with E-state index in [-0.39, 0.29) is 17.5 Å². The fourth-order valence-corrected chi connectivity index (χ4v) is 3.41. The number of benzene rings is 1. The van der Waals surface area contributed by atoms with Crippen LogP contribution in [-0.2, 0) is 6.54 Å². The van der Waals surface area contributed by atoms with Crippen molar-refractivity contribution in [3.8, 4) is 0 Å². The first kappa shape index (κ1) is 21.4. The molecule has 1 aliphatic heterocycles. The van der Waals surface area contributed by atoms with E-state index >= 15 is 0 Å². The zero-order valence-corrected chi connectivity index (χ0v) is 17.5. The summed E-state index contributed by atoms with van der Waals surface area (Å²) in [5.41, 5.74) is 1.95. The van der Waals surface area contributed by atoms with Gasteiger partial charge in [0, 0.05) is 31.3 Å². The van der Waals surface area contributed by atoms with Gasteiger partial charge in [0.2, 0.25) is 0 Å². The highest BCUT2D eigenvalue weighted by molar-refractivity contribution is 6.03. The third-order valence-electron chi connectivity index (χ3n) is 5.43. The normalized spacial score (nSPS) is 22.5. The fraction of sp³-hybridized carbons (Fsp3) is 0.565. The van der Waals surface area contributed by atoms with Crippen molar-refractivity contribution in [1.82, 2.24) is 10.2 Å². The van der Waals surface area contributed by atoms with Crippen LogP contribution < -0.4 is 5.32 Å². The van der Waals surface area contributed by atoms with Gasteiger partial charge in [0.05, 0.1) is 5.54 Å². The van der Waals surface area contributed by atoms with E-state index in [1.165, 1.54) is 5.56 Å². The molecule has 2 unspecified atom stereocenters. The Kier molecular flexibility index (Phi) is 7.78. The van der Waals surface area contributed by atoms with Gasteiger partial charge in [-0.2, -0.15) is 4.99 Å². The van der Waals surface area contributed by atoms with Crippen molar-refractivity contribution < 1.29 is 4.79 Å². The van der Waals surface area contributed by atoms with Crippen molar-refractivity contribution in [3.63, 3.8) is 0 Å². The zero-order valence-electron chi connectivity index (χ0n) is 17.5. The van der Waals surface area contributed by atoms with Crippen molar-refractivity contribution >= 4 is 11.7 Å². The number of likely N-dealkylation sites (tertiary alicyclic amines) is 1. The van der Waals surface area contributed by atoms with Crippen molar-refractivity contribution in [2.45, 2.75) is 59.5 Å². The molecule has 2 atom stereocenters. The molecule has 0 aromatic heterocycles. The van der Waals surface area contributed by atoms with E-state index in [0.29, 0.717) is 5.92 Å². The Morgan fingerprint density at radius 3 is 2.63 bits per heavy atom. The molecule has 1 aromatic rings. The van der Waals surface area contributed by atoms with Crippen LogP contribution in [0.5, 0.6) is 0 Å². The molecule has 1 fully saturated rings. The molecule has 4 heteroatoms. The molecule has 1 aliphatic rings. The van der Waals surface area contributed by atoms with Crippen LogP contribution in [0.3, 0.4) is 0 Å². The molecule has 1 saturated heterocycles. The number of amides is 2. The maximum absolute atomic E-state index is 12.6. The van der Waals surface area contributed by atoms with E-state index < -0.39 is 0 Å². The smallest absolute Gasteiger partial charge is 0.330 e. The lowest BCUT2D eigenvalue weighted by Crippen LogP contribution is -2.47. The van der Waals surface area contributed by atoms with E-state index in [1.807, 2.05) is 12.1 Å². The molecule has 0 saturated carbocycles. The lowest BCUT2D eigenvalue weighted by molar-refractivity contribution is 0.233. The first-order valence-electron chi connectivity index (χ1n) is 10.2. The van der Waals surface area contributed by atoms with Gasteiger partial charge in [-0.1, -0.05) is 64.1 Å². The Morgan fingerprint density at radius 1 is 1.30 bits per heavy atom. The summed E-state index contributed by atoms with van der Waals surface area (Å²) in [7, 11) is 0. The Hall–Kier alpha value is -1.94. The summed E-state index contributed by atoms with van der Waals surface area (Å²) < 4.78 is 0. The van der Waals surface area contributed by atoms with Crippen molar-refractivity contribution in [3.05, 3.63) is 48.0 Å². The number of nitrogens with one attached hydrogen (secondary N) is 1. The van der Waals surface area contributed by atoms with Crippen LogP contribution in [0.15, 0.2) is 47.5 Å². The van der Waals surface area contributed by atoms with Crippen LogP contribution in [0, 0.1) is 11.8 Å². The second kappa shape index (κ2) is 9.84. The Bertz CT molecular complexity index is 665. The third kappa shape index (κ3) is 6.62. The van der Waals surface area contributed by atoms with E-state index in [9.17, 15) is 4.79 Å². The lowest BCUT2D eigenvalue weighted by Gasteiger charge is -2.26. The predicted octanol–water partition coefficient (Wildman–Crippen LogP) is 5.06. The van der Waals surface area contributed by atoms with Crippen LogP contribution in [-0.4, -0.2) is 35.3 Å². The molecule has 2 rings (SSSR count). The maximum Gasteiger partial charge on any atom is 0.341 e. The first-order valence-corrected chi connectivity index (χ1v) is 10.2. The van der Waals surface area contributed by atoms with Crippen LogP contribution in [0.4, 0.5) is 4.79 Å². The summed E-state index contributed by atoms with van der Waals surface area (Å²) in [6.07, 6.45) is 5.96. The van der Waals surface area contributed by atoms with Gasteiger partial charge in [-0.25, -0.2) is 4.79 Å². The quantitative estimate of drug-likeness (QED) is 0.683. The van der Waals surface area contributed by atoms with Gasteiger partial charge in [-0.05, 0) is 37.3 Å². The molecule has 27 heavy (non-hydrogen) atoms. The second-order valence-electron chi connectivity index (χ2n) is 8.32. The fourth-order valence-electron chi connectivity index (χ4n) is 3.41. The van der Waals surface area contributed by atoms with Gasteiger partial charge in [0.1, 0.15) is 0 Å².